The van der Waals surface area contributed by atoms with Crippen molar-refractivity contribution in [3.63, 3.8) is 0 Å². The molecule has 0 aliphatic heterocycles. The van der Waals surface area contributed by atoms with Crippen LogP contribution in [0.4, 0.5) is 0 Å². The summed E-state index contributed by atoms with van der Waals surface area (Å²) in [5.41, 5.74) is 1.96. The number of nitrogens with zero attached hydrogens (tertiary/aromatic N) is 3. The smallest absolute Gasteiger partial charge is 0.219 e. The maximum Gasteiger partial charge on any atom is 0.219 e. The summed E-state index contributed by atoms with van der Waals surface area (Å²) in [6.45, 7) is 3.17. The van der Waals surface area contributed by atoms with Gasteiger partial charge in [0.25, 0.3) is 0 Å². The summed E-state index contributed by atoms with van der Waals surface area (Å²) in [6, 6.07) is 15.5. The lowest BCUT2D eigenvalue weighted by molar-refractivity contribution is -0.128. The molecule has 0 N–H and O–H groups in total. The van der Waals surface area contributed by atoms with E-state index >= 15 is 0 Å². The van der Waals surface area contributed by atoms with Crippen molar-refractivity contribution in [2.24, 2.45) is 0 Å². The van der Waals surface area contributed by atoms with Crippen molar-refractivity contribution in [3.05, 3.63) is 54.4 Å². The Kier molecular flexibility index (Phi) is 5.41. The van der Waals surface area contributed by atoms with Gasteiger partial charge in [-0.3, -0.25) is 4.79 Å². The van der Waals surface area contributed by atoms with Crippen LogP contribution in [0.3, 0.4) is 0 Å². The lowest BCUT2D eigenvalue weighted by atomic mass is 10.3. The van der Waals surface area contributed by atoms with Gasteiger partial charge < -0.3 is 18.9 Å². The first kappa shape index (κ1) is 17.8. The summed E-state index contributed by atoms with van der Waals surface area (Å²) in [5.74, 6) is 2.45. The molecule has 6 heteroatoms. The van der Waals surface area contributed by atoms with Crippen molar-refractivity contribution in [2.45, 2.75) is 20.0 Å². The molecule has 0 aliphatic carbocycles. The molecule has 0 saturated heterocycles. The molecule has 6 nitrogen and oxygen atoms in total. The number of benzene rings is 2. The van der Waals surface area contributed by atoms with Crippen LogP contribution in [-0.2, 0) is 17.9 Å². The van der Waals surface area contributed by atoms with E-state index in [0.717, 1.165) is 28.4 Å². The zero-order valence-electron chi connectivity index (χ0n) is 15.3. The van der Waals surface area contributed by atoms with Gasteiger partial charge in [-0.25, -0.2) is 4.98 Å². The average Bonchev–Trinajstić information content (AvgIpc) is 2.99. The summed E-state index contributed by atoms with van der Waals surface area (Å²) >= 11 is 0. The predicted octanol–water partition coefficient (Wildman–Crippen LogP) is 3.10. The number of ether oxygens (including phenoxy) is 2. The predicted molar refractivity (Wildman–Crippen MR) is 100 cm³/mol. The second kappa shape index (κ2) is 7.91. The van der Waals surface area contributed by atoms with E-state index in [0.29, 0.717) is 19.7 Å². The highest BCUT2D eigenvalue weighted by Gasteiger charge is 2.13. The van der Waals surface area contributed by atoms with E-state index in [-0.39, 0.29) is 5.91 Å². The van der Waals surface area contributed by atoms with Gasteiger partial charge in [-0.15, -0.1) is 0 Å². The molecule has 26 heavy (non-hydrogen) atoms. The van der Waals surface area contributed by atoms with Crippen molar-refractivity contribution in [1.82, 2.24) is 14.5 Å². The van der Waals surface area contributed by atoms with Gasteiger partial charge in [-0.2, -0.15) is 0 Å². The fraction of sp³-hybridized carbons (Fsp3) is 0.300. The first-order valence-electron chi connectivity index (χ1n) is 8.51. The zero-order valence-corrected chi connectivity index (χ0v) is 15.3. The molecule has 0 saturated carbocycles. The molecule has 1 heterocycles. The number of para-hydroxylation sites is 2. The Balaban J connectivity index is 1.75. The van der Waals surface area contributed by atoms with Gasteiger partial charge in [-0.05, 0) is 36.4 Å². The average molecular weight is 353 g/mol. The number of hydrogen-bond acceptors (Lipinski definition) is 4. The summed E-state index contributed by atoms with van der Waals surface area (Å²) in [4.78, 5) is 17.9. The molecule has 0 aliphatic rings. The van der Waals surface area contributed by atoms with Gasteiger partial charge in [0.1, 0.15) is 23.9 Å². The van der Waals surface area contributed by atoms with Gasteiger partial charge in [0.15, 0.2) is 0 Å². The number of amides is 1. The van der Waals surface area contributed by atoms with E-state index in [1.54, 1.807) is 26.0 Å². The van der Waals surface area contributed by atoms with Crippen LogP contribution in [0.15, 0.2) is 48.5 Å². The normalized spacial score (nSPS) is 10.7. The van der Waals surface area contributed by atoms with Gasteiger partial charge >= 0.3 is 0 Å². The Hall–Kier alpha value is -3.02. The molecular formula is C20H23N3O3. The topological polar surface area (TPSA) is 56.6 Å². The largest absolute Gasteiger partial charge is 0.497 e. The van der Waals surface area contributed by atoms with Crippen LogP contribution in [0, 0.1) is 0 Å². The number of methoxy groups -OCH3 is 1. The number of hydrogen-bond donors (Lipinski definition) is 0. The summed E-state index contributed by atoms with van der Waals surface area (Å²) in [5, 5.41) is 0. The number of carbonyl (C=O) groups is 1. The molecule has 1 amide bonds. The van der Waals surface area contributed by atoms with Gasteiger partial charge in [-0.1, -0.05) is 12.1 Å². The minimum Gasteiger partial charge on any atom is -0.497 e. The van der Waals surface area contributed by atoms with Crippen molar-refractivity contribution in [2.75, 3.05) is 20.8 Å². The van der Waals surface area contributed by atoms with Crippen molar-refractivity contribution in [3.8, 4) is 11.5 Å². The summed E-state index contributed by atoms with van der Waals surface area (Å²) in [6.07, 6.45) is 0. The minimum atomic E-state index is 0.0121. The summed E-state index contributed by atoms with van der Waals surface area (Å²) < 4.78 is 13.1. The third-order valence-electron chi connectivity index (χ3n) is 4.29. The molecule has 0 radical (unpaired) electrons. The lowest BCUT2D eigenvalue weighted by Crippen LogP contribution is -2.25. The Morgan fingerprint density at radius 3 is 2.50 bits per heavy atom. The molecule has 2 aromatic carbocycles. The highest BCUT2D eigenvalue weighted by Crippen LogP contribution is 2.19. The molecule has 1 aromatic heterocycles. The van der Waals surface area contributed by atoms with Gasteiger partial charge in [0, 0.05) is 14.0 Å². The third-order valence-corrected chi connectivity index (χ3v) is 4.29. The number of rotatable bonds is 7. The maximum absolute atomic E-state index is 11.6. The maximum atomic E-state index is 11.6. The number of aromatic nitrogens is 2. The molecule has 0 bridgehead atoms. The van der Waals surface area contributed by atoms with E-state index in [1.807, 2.05) is 48.5 Å². The molecule has 0 unspecified atom stereocenters. The van der Waals surface area contributed by atoms with Gasteiger partial charge in [0.05, 0.1) is 31.2 Å². The Labute approximate surface area is 153 Å². The highest BCUT2D eigenvalue weighted by molar-refractivity contribution is 5.76. The van der Waals surface area contributed by atoms with Crippen LogP contribution in [0.25, 0.3) is 11.0 Å². The first-order valence-corrected chi connectivity index (χ1v) is 8.51. The quantitative estimate of drug-likeness (QED) is 0.655. The lowest BCUT2D eigenvalue weighted by Gasteiger charge is -2.16. The van der Waals surface area contributed by atoms with E-state index in [2.05, 4.69) is 9.55 Å². The van der Waals surface area contributed by atoms with Crippen LogP contribution in [0.2, 0.25) is 0 Å². The molecular weight excluding hydrogens is 330 g/mol. The van der Waals surface area contributed by atoms with Crippen molar-refractivity contribution in [1.29, 1.82) is 0 Å². The zero-order chi connectivity index (χ0) is 18.5. The van der Waals surface area contributed by atoms with Crippen LogP contribution < -0.4 is 9.47 Å². The SMILES string of the molecule is COc1ccc(OCCn2c(CN(C)C(C)=O)nc3ccccc32)cc1. The number of fused-ring (bicyclic) bond motifs is 1. The van der Waals surface area contributed by atoms with Gasteiger partial charge in [0.2, 0.25) is 5.91 Å². The molecule has 3 rings (SSSR count). The van der Waals surface area contributed by atoms with E-state index in [9.17, 15) is 4.79 Å². The number of carbonyl (C=O) groups excluding carboxylic acids is 1. The fourth-order valence-electron chi connectivity index (χ4n) is 2.75. The van der Waals surface area contributed by atoms with Crippen LogP contribution in [0.1, 0.15) is 12.7 Å². The van der Waals surface area contributed by atoms with E-state index in [4.69, 9.17) is 9.47 Å². The van der Waals surface area contributed by atoms with Crippen LogP contribution in [0.5, 0.6) is 11.5 Å². The molecule has 0 spiro atoms. The Morgan fingerprint density at radius 1 is 1.12 bits per heavy atom. The third kappa shape index (κ3) is 3.96. The van der Waals surface area contributed by atoms with E-state index < -0.39 is 0 Å². The molecule has 0 atom stereocenters. The van der Waals surface area contributed by atoms with Crippen molar-refractivity contribution < 1.29 is 14.3 Å². The van der Waals surface area contributed by atoms with Crippen molar-refractivity contribution >= 4 is 16.9 Å². The minimum absolute atomic E-state index is 0.0121. The summed E-state index contributed by atoms with van der Waals surface area (Å²) in [7, 11) is 3.42. The van der Waals surface area contributed by atoms with E-state index in [1.165, 1.54) is 0 Å². The molecule has 136 valence electrons. The fourth-order valence-corrected chi connectivity index (χ4v) is 2.75. The monoisotopic (exact) mass is 353 g/mol. The van der Waals surface area contributed by atoms with Crippen LogP contribution in [-0.4, -0.2) is 41.1 Å². The second-order valence-corrected chi connectivity index (χ2v) is 6.07. The Bertz CT molecular complexity index is 887. The molecule has 0 fully saturated rings. The second-order valence-electron chi connectivity index (χ2n) is 6.07. The number of imidazole rings is 1. The first-order chi connectivity index (χ1) is 12.6. The molecule has 3 aromatic rings. The Morgan fingerprint density at radius 2 is 1.81 bits per heavy atom. The highest BCUT2D eigenvalue weighted by atomic mass is 16.5. The van der Waals surface area contributed by atoms with Crippen LogP contribution >= 0.6 is 0 Å². The standard InChI is InChI=1S/C20H23N3O3/c1-15(24)22(2)14-20-21-18-6-4-5-7-19(18)23(20)12-13-26-17-10-8-16(25-3)9-11-17/h4-11H,12-14H2,1-3H3.